The summed E-state index contributed by atoms with van der Waals surface area (Å²) in [6.07, 6.45) is 2.11. The Labute approximate surface area is 65.8 Å². The van der Waals surface area contributed by atoms with Gasteiger partial charge in [0.05, 0.1) is 0 Å². The lowest BCUT2D eigenvalue weighted by Gasteiger charge is -2.10. The molecule has 0 nitrogen and oxygen atoms in total. The molecule has 46 valence electrons. The molecule has 1 heterocycles. The van der Waals surface area contributed by atoms with Crippen LogP contribution in [0.1, 0.15) is 6.92 Å². The molecule has 0 bridgehead atoms. The van der Waals surface area contributed by atoms with E-state index < -0.39 is 6.89 Å². The van der Waals surface area contributed by atoms with Gasteiger partial charge >= 0.3 is 0 Å². The average molecular weight is 258 g/mol. The van der Waals surface area contributed by atoms with Gasteiger partial charge in [0, 0.05) is 0 Å². The van der Waals surface area contributed by atoms with Crippen LogP contribution in [0.2, 0.25) is 0 Å². The van der Waals surface area contributed by atoms with Crippen molar-refractivity contribution in [2.45, 2.75) is 6.92 Å². The Kier molecular flexibility index (Phi) is 1.89. The number of hydrogen-bond acceptors (Lipinski definition) is 0. The summed E-state index contributed by atoms with van der Waals surface area (Å²) >= 11 is 7.04. The Bertz CT molecular complexity index is 158. The smallest absolute Gasteiger partial charge is 0.0128 e. The Hall–Kier alpha value is 0.790. The first kappa shape index (κ1) is 6.90. The van der Waals surface area contributed by atoms with Crippen LogP contribution in [-0.2, 0) is 0 Å². The van der Waals surface area contributed by atoms with Crippen LogP contribution < -0.4 is 0 Å². The van der Waals surface area contributed by atoms with E-state index in [2.05, 4.69) is 53.4 Å². The number of rotatable bonds is 0. The number of halogens is 2. The average Bonchev–Trinajstić information content (AvgIpc) is 1.82. The predicted molar refractivity (Wildman–Crippen MR) is 48.3 cm³/mol. The fourth-order valence-electron chi connectivity index (χ4n) is 0.524. The summed E-state index contributed by atoms with van der Waals surface area (Å²) in [5.74, 6) is 0. The topological polar surface area (TPSA) is 0 Å². The predicted octanol–water partition coefficient (Wildman–Crippen LogP) is 3.84. The zero-order valence-corrected chi connectivity index (χ0v) is 8.38. The van der Waals surface area contributed by atoms with Crippen LogP contribution in [0.3, 0.4) is 0 Å². The van der Waals surface area contributed by atoms with Gasteiger partial charge in [-0.15, -0.1) is 0 Å². The van der Waals surface area contributed by atoms with E-state index in [9.17, 15) is 0 Å². The highest BCUT2D eigenvalue weighted by molar-refractivity contribution is 9.92. The second kappa shape index (κ2) is 2.20. The Morgan fingerprint density at radius 3 is 2.25 bits per heavy atom. The maximum atomic E-state index is 3.52. The Morgan fingerprint density at radius 1 is 1.50 bits per heavy atom. The fourth-order valence-corrected chi connectivity index (χ4v) is 3.99. The molecule has 0 aromatic rings. The number of hydrogen-bond donors (Lipinski definition) is 0. The van der Waals surface area contributed by atoms with Gasteiger partial charge in [-0.3, -0.25) is 0 Å². The van der Waals surface area contributed by atoms with E-state index in [-0.39, 0.29) is 0 Å². The van der Waals surface area contributed by atoms with Crippen molar-refractivity contribution in [3.05, 3.63) is 22.5 Å². The highest BCUT2D eigenvalue weighted by Gasteiger charge is 2.12. The van der Waals surface area contributed by atoms with Gasteiger partial charge in [0.1, 0.15) is 0 Å². The molecule has 1 rings (SSSR count). The number of allylic oxidation sites excluding steroid dienone is 2. The summed E-state index contributed by atoms with van der Waals surface area (Å²) in [7, 11) is 0. The van der Waals surface area contributed by atoms with E-state index in [1.165, 1.54) is 5.57 Å². The largest absolute Gasteiger partial charge is 0.0830 e. The van der Waals surface area contributed by atoms with Gasteiger partial charge in [0.15, 0.2) is 0 Å². The highest BCUT2D eigenvalue weighted by Crippen LogP contribution is 2.68. The fraction of sp³-hybridized carbons (Fsp3) is 0.200. The van der Waals surface area contributed by atoms with E-state index in [0.29, 0.717) is 0 Å². The van der Waals surface area contributed by atoms with Crippen molar-refractivity contribution in [2.75, 3.05) is 0 Å². The van der Waals surface area contributed by atoms with Gasteiger partial charge in [-0.25, -0.2) is 0 Å². The van der Waals surface area contributed by atoms with Crippen LogP contribution >= 0.6 is 36.5 Å². The van der Waals surface area contributed by atoms with Crippen molar-refractivity contribution in [2.24, 2.45) is 0 Å². The first-order valence-electron chi connectivity index (χ1n) is 2.19. The van der Waals surface area contributed by atoms with Crippen LogP contribution in [0.25, 0.3) is 0 Å². The molecule has 0 spiro atoms. The van der Waals surface area contributed by atoms with E-state index in [4.69, 9.17) is 0 Å². The SMILES string of the molecule is CC1=CS(Br)(Br)C=C1. The zero-order chi connectivity index (χ0) is 6.20. The molecule has 0 radical (unpaired) electrons. The molecule has 0 saturated heterocycles. The quantitative estimate of drug-likeness (QED) is 0.619. The molecule has 0 aromatic carbocycles. The van der Waals surface area contributed by atoms with Crippen LogP contribution in [0, 0.1) is 0 Å². The molecule has 0 fully saturated rings. The molecule has 0 aliphatic carbocycles. The van der Waals surface area contributed by atoms with E-state index in [1.807, 2.05) is 0 Å². The summed E-state index contributed by atoms with van der Waals surface area (Å²) in [6.45, 7) is 1.28. The van der Waals surface area contributed by atoms with Gasteiger partial charge < -0.3 is 0 Å². The molecule has 1 aliphatic rings. The lowest BCUT2D eigenvalue weighted by atomic mass is 10.4. The maximum absolute atomic E-state index is 3.52. The molecule has 0 saturated carbocycles. The monoisotopic (exact) mass is 256 g/mol. The van der Waals surface area contributed by atoms with Crippen LogP contribution in [0.5, 0.6) is 0 Å². The Morgan fingerprint density at radius 2 is 2.12 bits per heavy atom. The van der Waals surface area contributed by atoms with Crippen molar-refractivity contribution < 1.29 is 0 Å². The van der Waals surface area contributed by atoms with E-state index in [0.717, 1.165) is 0 Å². The maximum Gasteiger partial charge on any atom is -0.0128 e. The zero-order valence-electron chi connectivity index (χ0n) is 4.40. The second-order valence-corrected chi connectivity index (χ2v) is 12.4. The minimum Gasteiger partial charge on any atom is -0.0830 e. The first-order chi connectivity index (χ1) is 3.60. The summed E-state index contributed by atoms with van der Waals surface area (Å²) in [5.41, 5.74) is 1.33. The Balaban J connectivity index is 2.84. The van der Waals surface area contributed by atoms with Crippen molar-refractivity contribution in [1.82, 2.24) is 0 Å². The molecule has 0 atom stereocenters. The summed E-state index contributed by atoms with van der Waals surface area (Å²) in [5, 5.41) is 4.33. The van der Waals surface area contributed by atoms with Crippen LogP contribution in [-0.4, -0.2) is 0 Å². The second-order valence-electron chi connectivity index (χ2n) is 1.72. The third-order valence-electron chi connectivity index (χ3n) is 0.855. The third kappa shape index (κ3) is 1.64. The molecule has 3 heteroatoms. The lowest BCUT2D eigenvalue weighted by molar-refractivity contribution is 1.58. The van der Waals surface area contributed by atoms with E-state index >= 15 is 0 Å². The van der Waals surface area contributed by atoms with Crippen molar-refractivity contribution >= 4 is 36.5 Å². The van der Waals surface area contributed by atoms with Gasteiger partial charge in [-0.1, -0.05) is 13.0 Å². The molecular formula is C5H6Br2S. The molecule has 0 amide bonds. The van der Waals surface area contributed by atoms with Crippen molar-refractivity contribution in [1.29, 1.82) is 0 Å². The summed E-state index contributed by atoms with van der Waals surface area (Å²) < 4.78 is 0. The van der Waals surface area contributed by atoms with Crippen LogP contribution in [0.15, 0.2) is 22.5 Å². The highest BCUT2D eigenvalue weighted by atomic mass is 79.9. The standard InChI is InChI=1S/C5H6Br2S/c1-5-2-3-8(6,7)4-5/h2-4H,1H3. The molecule has 0 unspecified atom stereocenters. The van der Waals surface area contributed by atoms with Crippen molar-refractivity contribution in [3.63, 3.8) is 0 Å². The molecular weight excluding hydrogens is 252 g/mol. The van der Waals surface area contributed by atoms with E-state index in [1.54, 1.807) is 0 Å². The van der Waals surface area contributed by atoms with Gasteiger partial charge in [0.2, 0.25) is 0 Å². The molecule has 0 aromatic heterocycles. The molecule has 0 N–H and O–H groups in total. The first-order valence-corrected chi connectivity index (χ1v) is 7.64. The van der Waals surface area contributed by atoms with Gasteiger partial charge in [-0.05, 0) is 52.9 Å². The third-order valence-corrected chi connectivity index (χ3v) is 4.46. The molecule has 8 heavy (non-hydrogen) atoms. The minimum absolute atomic E-state index is 0.813. The van der Waals surface area contributed by atoms with Crippen molar-refractivity contribution in [3.8, 4) is 0 Å². The van der Waals surface area contributed by atoms with Gasteiger partial charge in [0.25, 0.3) is 0 Å². The summed E-state index contributed by atoms with van der Waals surface area (Å²) in [4.78, 5) is 0. The van der Waals surface area contributed by atoms with Gasteiger partial charge in [-0.2, -0.15) is 0 Å². The minimum atomic E-state index is -0.813. The normalized spacial score (nSPS) is 27.6. The lowest BCUT2D eigenvalue weighted by Crippen LogP contribution is -1.56. The van der Waals surface area contributed by atoms with Crippen LogP contribution in [0.4, 0.5) is 0 Å². The summed E-state index contributed by atoms with van der Waals surface area (Å²) in [6, 6.07) is 0. The molecule has 1 aliphatic heterocycles.